The summed E-state index contributed by atoms with van der Waals surface area (Å²) in [6, 6.07) is 16.7. The van der Waals surface area contributed by atoms with Crippen molar-refractivity contribution in [1.82, 2.24) is 20.0 Å². The van der Waals surface area contributed by atoms with Gasteiger partial charge in [-0.15, -0.1) is 0 Å². The van der Waals surface area contributed by atoms with Crippen molar-refractivity contribution in [1.29, 1.82) is 0 Å². The third-order valence-electron chi connectivity index (χ3n) is 5.92. The molecule has 6 nitrogen and oxygen atoms in total. The van der Waals surface area contributed by atoms with Crippen molar-refractivity contribution in [3.63, 3.8) is 0 Å². The molecular weight excluding hydrogens is 364 g/mol. The molecule has 0 radical (unpaired) electrons. The molecule has 1 unspecified atom stereocenters. The Morgan fingerprint density at radius 1 is 1.14 bits per heavy atom. The summed E-state index contributed by atoms with van der Waals surface area (Å²) >= 11 is 0. The summed E-state index contributed by atoms with van der Waals surface area (Å²) in [4.78, 5) is 14.8. The lowest BCUT2D eigenvalue weighted by atomic mass is 9.98. The number of carbonyl (C=O) groups is 1. The third-order valence-corrected chi connectivity index (χ3v) is 5.92. The highest BCUT2D eigenvalue weighted by Gasteiger charge is 2.33. The third kappa shape index (κ3) is 3.19. The van der Waals surface area contributed by atoms with Gasteiger partial charge in [0.2, 0.25) is 0 Å². The average molecular weight is 388 g/mol. The Kier molecular flexibility index (Phi) is 4.56. The predicted octanol–water partition coefficient (Wildman–Crippen LogP) is 3.32. The number of fused-ring (bicyclic) bond motifs is 3. The second-order valence-electron chi connectivity index (χ2n) is 7.66. The summed E-state index contributed by atoms with van der Waals surface area (Å²) in [7, 11) is 1.89. The lowest BCUT2D eigenvalue weighted by Crippen LogP contribution is -2.49. The molecule has 2 aliphatic rings. The second-order valence-corrected chi connectivity index (χ2v) is 7.66. The Morgan fingerprint density at radius 3 is 2.48 bits per heavy atom. The average Bonchev–Trinajstić information content (AvgIpc) is 3.33. The number of rotatable bonds is 3. The van der Waals surface area contributed by atoms with Gasteiger partial charge in [-0.3, -0.25) is 9.58 Å². The van der Waals surface area contributed by atoms with Crippen molar-refractivity contribution >= 4 is 6.09 Å². The van der Waals surface area contributed by atoms with Crippen molar-refractivity contribution in [3.8, 4) is 11.1 Å². The first kappa shape index (κ1) is 17.9. The van der Waals surface area contributed by atoms with Crippen molar-refractivity contribution in [2.75, 3.05) is 26.2 Å². The fraction of sp³-hybridized carbons (Fsp3) is 0.304. The zero-order valence-electron chi connectivity index (χ0n) is 16.4. The number of nitrogens with zero attached hydrogens (tertiary/aromatic N) is 3. The minimum absolute atomic E-state index is 0.0619. The number of hydrogen-bond acceptors (Lipinski definition) is 4. The topological polar surface area (TPSA) is 59.4 Å². The van der Waals surface area contributed by atoms with Crippen LogP contribution in [0.25, 0.3) is 11.1 Å². The van der Waals surface area contributed by atoms with Gasteiger partial charge in [-0.1, -0.05) is 48.5 Å². The predicted molar refractivity (Wildman–Crippen MR) is 111 cm³/mol. The van der Waals surface area contributed by atoms with Crippen LogP contribution in [0.15, 0.2) is 60.9 Å². The largest absolute Gasteiger partial charge is 0.448 e. The highest BCUT2D eigenvalue weighted by Crippen LogP contribution is 2.44. The standard InChI is InChI=1S/C23H24N4O2/c1-26-14-16(12-25-26)22-13-24-10-11-27(22)23(28)29-15-21-19-8-4-2-6-17(19)18-7-3-5-9-20(18)21/h2-9,12,14,21-22,24H,10-11,13,15H2,1H3. The normalized spacial score (nSPS) is 18.4. The molecule has 1 amide bonds. The van der Waals surface area contributed by atoms with E-state index < -0.39 is 0 Å². The molecular formula is C23H24N4O2. The molecule has 0 spiro atoms. The van der Waals surface area contributed by atoms with Gasteiger partial charge >= 0.3 is 6.09 Å². The molecule has 0 saturated carbocycles. The van der Waals surface area contributed by atoms with Crippen LogP contribution in [0.3, 0.4) is 0 Å². The van der Waals surface area contributed by atoms with E-state index in [9.17, 15) is 4.79 Å². The van der Waals surface area contributed by atoms with Crippen LogP contribution >= 0.6 is 0 Å². The molecule has 1 aromatic heterocycles. The summed E-state index contributed by atoms with van der Waals surface area (Å²) in [5.74, 6) is 0.0751. The highest BCUT2D eigenvalue weighted by atomic mass is 16.6. The summed E-state index contributed by atoms with van der Waals surface area (Å²) in [6.07, 6.45) is 3.52. The molecule has 6 heteroatoms. The Labute approximate surface area is 170 Å². The van der Waals surface area contributed by atoms with E-state index in [2.05, 4.69) is 46.8 Å². The molecule has 2 heterocycles. The summed E-state index contributed by atoms with van der Waals surface area (Å²) < 4.78 is 7.63. The molecule has 5 rings (SSSR count). The Morgan fingerprint density at radius 2 is 1.83 bits per heavy atom. The van der Waals surface area contributed by atoms with Gasteiger partial charge in [-0.25, -0.2) is 4.79 Å². The number of aromatic nitrogens is 2. The first-order valence-corrected chi connectivity index (χ1v) is 10.0. The molecule has 1 atom stereocenters. The molecule has 3 aromatic rings. The second kappa shape index (κ2) is 7.37. The Hall–Kier alpha value is -3.12. The summed E-state index contributed by atoms with van der Waals surface area (Å²) in [5.41, 5.74) is 5.95. The lowest BCUT2D eigenvalue weighted by Gasteiger charge is -2.35. The Bertz CT molecular complexity index is 999. The first-order valence-electron chi connectivity index (χ1n) is 10.0. The van der Waals surface area contributed by atoms with Gasteiger partial charge < -0.3 is 10.1 Å². The summed E-state index contributed by atoms with van der Waals surface area (Å²) in [5, 5.41) is 7.62. The maximum Gasteiger partial charge on any atom is 0.410 e. The zero-order valence-corrected chi connectivity index (χ0v) is 16.4. The van der Waals surface area contributed by atoms with E-state index in [1.54, 1.807) is 4.68 Å². The van der Waals surface area contributed by atoms with Crippen molar-refractivity contribution in [2.24, 2.45) is 7.05 Å². The number of benzene rings is 2. The monoisotopic (exact) mass is 388 g/mol. The molecule has 148 valence electrons. The highest BCUT2D eigenvalue weighted by molar-refractivity contribution is 5.79. The molecule has 1 N–H and O–H groups in total. The van der Waals surface area contributed by atoms with Gasteiger partial charge in [0, 0.05) is 44.4 Å². The zero-order chi connectivity index (χ0) is 19.8. The number of aryl methyl sites for hydroxylation is 1. The van der Waals surface area contributed by atoms with Crippen LogP contribution in [-0.4, -0.2) is 47.0 Å². The number of carbonyl (C=O) groups excluding carboxylic acids is 1. The van der Waals surface area contributed by atoms with Crippen LogP contribution in [0.2, 0.25) is 0 Å². The van der Waals surface area contributed by atoms with Crippen LogP contribution < -0.4 is 5.32 Å². The van der Waals surface area contributed by atoms with Crippen LogP contribution in [0.1, 0.15) is 28.7 Å². The maximum absolute atomic E-state index is 13.0. The van der Waals surface area contributed by atoms with Crippen LogP contribution in [0.4, 0.5) is 4.79 Å². The molecule has 1 fully saturated rings. The van der Waals surface area contributed by atoms with E-state index >= 15 is 0 Å². The Balaban J connectivity index is 1.35. The van der Waals surface area contributed by atoms with E-state index in [0.717, 1.165) is 12.1 Å². The van der Waals surface area contributed by atoms with Gasteiger partial charge in [-0.05, 0) is 22.3 Å². The van der Waals surface area contributed by atoms with Crippen molar-refractivity contribution < 1.29 is 9.53 Å². The van der Waals surface area contributed by atoms with Crippen molar-refractivity contribution in [3.05, 3.63) is 77.6 Å². The number of nitrogens with one attached hydrogen (secondary N) is 1. The minimum Gasteiger partial charge on any atom is -0.448 e. The number of amides is 1. The first-order chi connectivity index (χ1) is 14.2. The van der Waals surface area contributed by atoms with E-state index in [0.29, 0.717) is 19.7 Å². The quantitative estimate of drug-likeness (QED) is 0.748. The van der Waals surface area contributed by atoms with Crippen LogP contribution in [0, 0.1) is 0 Å². The minimum atomic E-state index is -0.262. The van der Waals surface area contributed by atoms with Gasteiger partial charge in [0.15, 0.2) is 0 Å². The van der Waals surface area contributed by atoms with Gasteiger partial charge in [0.25, 0.3) is 0 Å². The van der Waals surface area contributed by atoms with Crippen LogP contribution in [-0.2, 0) is 11.8 Å². The fourth-order valence-electron chi connectivity index (χ4n) is 4.51. The number of hydrogen-bond donors (Lipinski definition) is 1. The van der Waals surface area contributed by atoms with Gasteiger partial charge in [0.1, 0.15) is 6.61 Å². The van der Waals surface area contributed by atoms with Gasteiger partial charge in [-0.2, -0.15) is 5.10 Å². The molecule has 29 heavy (non-hydrogen) atoms. The maximum atomic E-state index is 13.0. The number of ether oxygens (including phenoxy) is 1. The lowest BCUT2D eigenvalue weighted by molar-refractivity contribution is 0.0752. The van der Waals surface area contributed by atoms with Gasteiger partial charge in [0.05, 0.1) is 12.2 Å². The molecule has 1 aliphatic carbocycles. The van der Waals surface area contributed by atoms with Crippen molar-refractivity contribution in [2.45, 2.75) is 12.0 Å². The van der Waals surface area contributed by atoms with Crippen LogP contribution in [0.5, 0.6) is 0 Å². The van der Waals surface area contributed by atoms with E-state index in [1.165, 1.54) is 22.3 Å². The molecule has 0 bridgehead atoms. The molecule has 2 aromatic carbocycles. The smallest absolute Gasteiger partial charge is 0.410 e. The van der Waals surface area contributed by atoms with E-state index in [1.807, 2.05) is 36.5 Å². The van der Waals surface area contributed by atoms with E-state index in [-0.39, 0.29) is 18.1 Å². The SMILES string of the molecule is Cn1cc(C2CNCCN2C(=O)OCC2c3ccccc3-c3ccccc32)cn1. The molecule has 1 aliphatic heterocycles. The number of piperazine rings is 1. The van der Waals surface area contributed by atoms with E-state index in [4.69, 9.17) is 4.74 Å². The molecule has 1 saturated heterocycles. The summed E-state index contributed by atoms with van der Waals surface area (Å²) in [6.45, 7) is 2.43. The fourth-order valence-corrected chi connectivity index (χ4v) is 4.51.